The average Bonchev–Trinajstić information content (AvgIpc) is 3.18. The number of rotatable bonds is 4. The van der Waals surface area contributed by atoms with Gasteiger partial charge in [0.15, 0.2) is 0 Å². The first-order chi connectivity index (χ1) is 11.7. The lowest BCUT2D eigenvalue weighted by Gasteiger charge is -2.04. The van der Waals surface area contributed by atoms with E-state index in [2.05, 4.69) is 32.6 Å². The minimum atomic E-state index is 0.552. The lowest BCUT2D eigenvalue weighted by Crippen LogP contribution is -1.90. The van der Waals surface area contributed by atoms with E-state index in [9.17, 15) is 0 Å². The second-order valence-electron chi connectivity index (χ2n) is 5.29. The molecule has 24 heavy (non-hydrogen) atoms. The van der Waals surface area contributed by atoms with Gasteiger partial charge in [-0.05, 0) is 29.8 Å². The van der Waals surface area contributed by atoms with Gasteiger partial charge < -0.3 is 10.3 Å². The number of hydrogen-bond acceptors (Lipinski definition) is 4. The molecule has 0 radical (unpaired) electrons. The number of halogens is 2. The molecule has 4 nitrogen and oxygen atoms in total. The minimum absolute atomic E-state index is 0.552. The molecule has 7 heteroatoms. The van der Waals surface area contributed by atoms with Crippen molar-refractivity contribution in [2.45, 2.75) is 6.42 Å². The summed E-state index contributed by atoms with van der Waals surface area (Å²) in [6.07, 6.45) is 2.76. The summed E-state index contributed by atoms with van der Waals surface area (Å²) in [4.78, 5) is 3.28. The maximum atomic E-state index is 6.17. The highest BCUT2D eigenvalue weighted by Crippen LogP contribution is 2.30. The number of aromatic nitrogens is 3. The van der Waals surface area contributed by atoms with Crippen molar-refractivity contribution in [3.05, 3.63) is 69.3 Å². The Morgan fingerprint density at radius 2 is 1.96 bits per heavy atom. The van der Waals surface area contributed by atoms with Crippen molar-refractivity contribution in [3.63, 3.8) is 0 Å². The molecule has 0 saturated heterocycles. The zero-order chi connectivity index (χ0) is 16.5. The second-order valence-corrected chi connectivity index (χ2v) is 7.19. The van der Waals surface area contributed by atoms with E-state index in [1.54, 1.807) is 12.1 Å². The fourth-order valence-electron chi connectivity index (χ4n) is 2.52. The van der Waals surface area contributed by atoms with Crippen LogP contribution in [0.1, 0.15) is 10.6 Å². The van der Waals surface area contributed by atoms with Crippen molar-refractivity contribution < 1.29 is 0 Å². The van der Waals surface area contributed by atoms with Gasteiger partial charge in [-0.3, -0.25) is 0 Å². The molecule has 0 saturated carbocycles. The Morgan fingerprint density at radius 1 is 1.08 bits per heavy atom. The van der Waals surface area contributed by atoms with Crippen molar-refractivity contribution in [2.75, 3.05) is 5.32 Å². The molecular formula is C17H12Cl2N4S. The van der Waals surface area contributed by atoms with Gasteiger partial charge in [-0.2, -0.15) is 0 Å². The van der Waals surface area contributed by atoms with E-state index in [1.807, 2.05) is 24.4 Å². The third kappa shape index (κ3) is 3.11. The number of H-pyrrole nitrogens is 1. The molecule has 0 fully saturated rings. The van der Waals surface area contributed by atoms with E-state index in [0.717, 1.165) is 22.6 Å². The fraction of sp³-hybridized carbons (Fsp3) is 0.0588. The Hall–Kier alpha value is -2.08. The van der Waals surface area contributed by atoms with E-state index < -0.39 is 0 Å². The van der Waals surface area contributed by atoms with Gasteiger partial charge in [0.1, 0.15) is 5.01 Å². The molecule has 0 bridgehead atoms. The van der Waals surface area contributed by atoms with Crippen LogP contribution in [0.2, 0.25) is 10.0 Å². The minimum Gasteiger partial charge on any atom is -0.361 e. The number of fused-ring (bicyclic) bond motifs is 1. The van der Waals surface area contributed by atoms with Crippen LogP contribution in [-0.4, -0.2) is 15.2 Å². The molecule has 2 aromatic carbocycles. The van der Waals surface area contributed by atoms with Gasteiger partial charge in [-0.25, -0.2) is 0 Å². The van der Waals surface area contributed by atoms with Crippen LogP contribution in [0.5, 0.6) is 0 Å². The van der Waals surface area contributed by atoms with Crippen LogP contribution in [0.15, 0.2) is 48.7 Å². The third-order valence-electron chi connectivity index (χ3n) is 3.66. The summed E-state index contributed by atoms with van der Waals surface area (Å²) in [5.74, 6) is 0. The van der Waals surface area contributed by atoms with Crippen LogP contribution in [0.3, 0.4) is 0 Å². The summed E-state index contributed by atoms with van der Waals surface area (Å²) in [5.41, 5.74) is 3.09. The number of anilines is 2. The van der Waals surface area contributed by atoms with Crippen LogP contribution >= 0.6 is 34.5 Å². The van der Waals surface area contributed by atoms with Crippen LogP contribution in [0.25, 0.3) is 10.9 Å². The number of hydrogen-bond donors (Lipinski definition) is 2. The van der Waals surface area contributed by atoms with E-state index in [-0.39, 0.29) is 0 Å². The summed E-state index contributed by atoms with van der Waals surface area (Å²) < 4.78 is 0. The lowest BCUT2D eigenvalue weighted by molar-refractivity contribution is 1.01. The molecule has 0 aliphatic carbocycles. The highest BCUT2D eigenvalue weighted by Gasteiger charge is 2.10. The number of nitrogens with zero attached hydrogens (tertiary/aromatic N) is 2. The van der Waals surface area contributed by atoms with Crippen LogP contribution in [0, 0.1) is 0 Å². The number of aromatic amines is 1. The molecule has 0 atom stereocenters. The van der Waals surface area contributed by atoms with E-state index in [1.165, 1.54) is 22.3 Å². The fourth-order valence-corrected chi connectivity index (χ4v) is 3.75. The molecule has 2 N–H and O–H groups in total. The molecule has 0 amide bonds. The Kier molecular flexibility index (Phi) is 4.14. The monoisotopic (exact) mass is 374 g/mol. The highest BCUT2D eigenvalue weighted by molar-refractivity contribution is 7.15. The summed E-state index contributed by atoms with van der Waals surface area (Å²) >= 11 is 13.6. The van der Waals surface area contributed by atoms with Gasteiger partial charge in [0, 0.05) is 28.5 Å². The van der Waals surface area contributed by atoms with Crippen molar-refractivity contribution >= 4 is 56.3 Å². The largest absolute Gasteiger partial charge is 0.361 e. The van der Waals surface area contributed by atoms with Crippen molar-refractivity contribution in [2.24, 2.45) is 0 Å². The maximum absolute atomic E-state index is 6.17. The van der Waals surface area contributed by atoms with Crippen LogP contribution in [0.4, 0.5) is 10.8 Å². The molecule has 0 spiro atoms. The predicted octanol–water partition coefficient (Wildman–Crippen LogP) is 5.66. The summed E-state index contributed by atoms with van der Waals surface area (Å²) in [7, 11) is 0. The third-order valence-corrected chi connectivity index (χ3v) is 5.04. The topological polar surface area (TPSA) is 53.6 Å². The highest BCUT2D eigenvalue weighted by atomic mass is 35.5. The zero-order valence-electron chi connectivity index (χ0n) is 12.4. The summed E-state index contributed by atoms with van der Waals surface area (Å²) in [6.45, 7) is 0. The van der Waals surface area contributed by atoms with Crippen molar-refractivity contribution in [3.8, 4) is 0 Å². The molecular weight excluding hydrogens is 363 g/mol. The van der Waals surface area contributed by atoms with Crippen molar-refractivity contribution in [1.82, 2.24) is 15.2 Å². The van der Waals surface area contributed by atoms with Gasteiger partial charge in [-0.15, -0.1) is 10.2 Å². The Balaban J connectivity index is 1.54. The average molecular weight is 375 g/mol. The molecule has 2 heterocycles. The number of benzene rings is 2. The molecule has 120 valence electrons. The Morgan fingerprint density at radius 3 is 2.83 bits per heavy atom. The second kappa shape index (κ2) is 6.43. The van der Waals surface area contributed by atoms with Crippen molar-refractivity contribution in [1.29, 1.82) is 0 Å². The number of para-hydroxylation sites is 1. The standard InChI is InChI=1S/C17H12Cl2N4S/c18-11-5-6-15(13(19)8-11)21-17-23-22-16(24-17)7-10-9-20-14-4-2-1-3-12(10)14/h1-6,8-9,20H,7H2,(H,21,23). The molecule has 4 rings (SSSR count). The first-order valence-corrected chi connectivity index (χ1v) is 8.86. The van der Waals surface area contributed by atoms with Gasteiger partial charge in [0.2, 0.25) is 5.13 Å². The van der Waals surface area contributed by atoms with E-state index in [4.69, 9.17) is 23.2 Å². The van der Waals surface area contributed by atoms with Gasteiger partial charge in [0.25, 0.3) is 0 Å². The molecule has 4 aromatic rings. The maximum Gasteiger partial charge on any atom is 0.210 e. The Labute approximate surface area is 152 Å². The molecule has 0 aliphatic rings. The van der Waals surface area contributed by atoms with Crippen LogP contribution < -0.4 is 5.32 Å². The predicted molar refractivity (Wildman–Crippen MR) is 101 cm³/mol. The first-order valence-electron chi connectivity index (χ1n) is 7.28. The quantitative estimate of drug-likeness (QED) is 0.484. The Bertz CT molecular complexity index is 1010. The van der Waals surface area contributed by atoms with E-state index >= 15 is 0 Å². The zero-order valence-corrected chi connectivity index (χ0v) is 14.7. The summed E-state index contributed by atoms with van der Waals surface area (Å²) in [6, 6.07) is 13.5. The molecule has 2 aromatic heterocycles. The first kappa shape index (κ1) is 15.4. The molecule has 0 unspecified atom stereocenters. The van der Waals surface area contributed by atoms with Gasteiger partial charge in [-0.1, -0.05) is 52.7 Å². The van der Waals surface area contributed by atoms with E-state index in [0.29, 0.717) is 15.2 Å². The smallest absolute Gasteiger partial charge is 0.210 e. The van der Waals surface area contributed by atoms with Gasteiger partial charge >= 0.3 is 0 Å². The van der Waals surface area contributed by atoms with Gasteiger partial charge in [0.05, 0.1) is 10.7 Å². The molecule has 0 aliphatic heterocycles. The number of nitrogens with one attached hydrogen (secondary N) is 2. The summed E-state index contributed by atoms with van der Waals surface area (Å²) in [5, 5.41) is 15.6. The lowest BCUT2D eigenvalue weighted by atomic mass is 10.1. The SMILES string of the molecule is Clc1ccc(Nc2nnc(Cc3c[nH]c4ccccc34)s2)c(Cl)c1. The normalized spacial score (nSPS) is 11.1. The van der Waals surface area contributed by atoms with Crippen LogP contribution in [-0.2, 0) is 6.42 Å².